The molecule has 0 unspecified atom stereocenters. The number of nitrogens with zero attached hydrogens (tertiary/aromatic N) is 1. The molecule has 1 rings (SSSR count). The first-order valence-electron chi connectivity index (χ1n) is 10.1. The second kappa shape index (κ2) is 9.47. The van der Waals surface area contributed by atoms with E-state index in [-0.39, 0.29) is 11.6 Å². The maximum atomic E-state index is 12.9. The highest BCUT2D eigenvalue weighted by Crippen LogP contribution is 2.36. The van der Waals surface area contributed by atoms with E-state index in [1.54, 1.807) is 20.8 Å². The van der Waals surface area contributed by atoms with Crippen LogP contribution in [0.15, 0.2) is 0 Å². The molecule has 9 heteroatoms. The highest BCUT2D eigenvalue weighted by Gasteiger charge is 2.40. The molecule has 1 aliphatic rings. The quantitative estimate of drug-likeness (QED) is 0.514. The smallest absolute Gasteiger partial charge is 0.410 e. The molecule has 0 aromatic carbocycles. The fraction of sp³-hybridized carbons (Fsp3) is 0.850. The van der Waals surface area contributed by atoms with Gasteiger partial charge in [0.15, 0.2) is 8.32 Å². The predicted molar refractivity (Wildman–Crippen MR) is 113 cm³/mol. The lowest BCUT2D eigenvalue weighted by atomic mass is 10.2. The lowest BCUT2D eigenvalue weighted by Gasteiger charge is -2.37. The zero-order chi connectivity index (χ0) is 22.6. The molecule has 1 fully saturated rings. The van der Waals surface area contributed by atoms with Crippen molar-refractivity contribution in [3.05, 3.63) is 0 Å². The highest BCUT2D eigenvalue weighted by atomic mass is 28.4. The predicted octanol–water partition coefficient (Wildman–Crippen LogP) is 3.07. The minimum atomic E-state index is -2.11. The summed E-state index contributed by atoms with van der Waals surface area (Å²) in [4.78, 5) is 38.9. The van der Waals surface area contributed by atoms with Gasteiger partial charge in [-0.3, -0.25) is 9.69 Å². The summed E-state index contributed by atoms with van der Waals surface area (Å²) < 4.78 is 16.3. The summed E-state index contributed by atoms with van der Waals surface area (Å²) in [5, 5.41) is 2.68. The first kappa shape index (κ1) is 25.4. The maximum Gasteiger partial charge on any atom is 0.410 e. The van der Waals surface area contributed by atoms with Crippen molar-refractivity contribution in [1.82, 2.24) is 10.2 Å². The Bertz CT molecular complexity index is 609. The van der Waals surface area contributed by atoms with Crippen molar-refractivity contribution in [3.8, 4) is 0 Å². The van der Waals surface area contributed by atoms with Gasteiger partial charge in [-0.1, -0.05) is 20.8 Å². The number of carbonyl (C=O) groups is 3. The number of esters is 1. The van der Waals surface area contributed by atoms with Crippen molar-refractivity contribution >= 4 is 26.3 Å². The number of nitrogens with one attached hydrogen (secondary N) is 1. The topological polar surface area (TPSA) is 94.2 Å². The molecule has 168 valence electrons. The van der Waals surface area contributed by atoms with E-state index in [2.05, 4.69) is 39.2 Å². The number of likely N-dealkylation sites (tertiary alicyclic amines) is 1. The largest absolute Gasteiger partial charge is 0.467 e. The van der Waals surface area contributed by atoms with Crippen LogP contribution in [-0.4, -0.2) is 69.1 Å². The van der Waals surface area contributed by atoms with E-state index < -0.39 is 44.0 Å². The van der Waals surface area contributed by atoms with Crippen LogP contribution in [0.4, 0.5) is 4.79 Å². The lowest BCUT2D eigenvalue weighted by Crippen LogP contribution is -2.54. The van der Waals surface area contributed by atoms with Gasteiger partial charge in [0.05, 0.1) is 13.7 Å². The van der Waals surface area contributed by atoms with Crippen molar-refractivity contribution in [2.75, 3.05) is 20.3 Å². The zero-order valence-electron chi connectivity index (χ0n) is 19.4. The average molecular weight is 431 g/mol. The summed E-state index contributed by atoms with van der Waals surface area (Å²) in [6, 6.07) is -1.60. The average Bonchev–Trinajstić information content (AvgIpc) is 3.05. The number of carbonyl (C=O) groups excluding carboxylic acids is 3. The summed E-state index contributed by atoms with van der Waals surface area (Å²) in [5.41, 5.74) is -0.647. The van der Waals surface area contributed by atoms with Gasteiger partial charge < -0.3 is 19.2 Å². The molecule has 1 aliphatic heterocycles. The van der Waals surface area contributed by atoms with E-state index >= 15 is 0 Å². The summed E-state index contributed by atoms with van der Waals surface area (Å²) in [7, 11) is -0.836. The van der Waals surface area contributed by atoms with Gasteiger partial charge in [-0.25, -0.2) is 9.59 Å². The molecule has 0 bridgehead atoms. The van der Waals surface area contributed by atoms with Crippen LogP contribution >= 0.6 is 0 Å². The first-order valence-corrected chi connectivity index (χ1v) is 13.0. The second-order valence-electron chi connectivity index (χ2n) is 9.99. The van der Waals surface area contributed by atoms with Crippen molar-refractivity contribution < 1.29 is 28.3 Å². The summed E-state index contributed by atoms with van der Waals surface area (Å²) >= 11 is 0. The van der Waals surface area contributed by atoms with Crippen molar-refractivity contribution in [1.29, 1.82) is 0 Å². The van der Waals surface area contributed by atoms with Crippen molar-refractivity contribution in [2.45, 2.75) is 90.2 Å². The van der Waals surface area contributed by atoms with E-state index in [4.69, 9.17) is 13.9 Å². The minimum absolute atomic E-state index is 0.0311. The highest BCUT2D eigenvalue weighted by molar-refractivity contribution is 6.74. The number of hydrogen-bond donors (Lipinski definition) is 1. The number of amides is 2. The molecule has 0 spiro atoms. The molecule has 0 radical (unpaired) electrons. The van der Waals surface area contributed by atoms with Gasteiger partial charge in [-0.05, 0) is 51.7 Å². The Balaban J connectivity index is 2.84. The zero-order valence-corrected chi connectivity index (χ0v) is 20.4. The standard InChI is InChI=1S/C20H38N2O6Si/c1-19(2,3)28-18(25)22-12-10-11-15(22)16(23)21-14(17(24)26-7)13-27-29(8,9)20(4,5)6/h14-15H,10-13H2,1-9H3,(H,21,23)/t14-,15-/m0/s1. The maximum absolute atomic E-state index is 12.9. The van der Waals surface area contributed by atoms with Gasteiger partial charge in [-0.15, -0.1) is 0 Å². The molecule has 1 heterocycles. The Morgan fingerprint density at radius 2 is 1.72 bits per heavy atom. The first-order chi connectivity index (χ1) is 13.1. The van der Waals surface area contributed by atoms with E-state index in [1.165, 1.54) is 12.0 Å². The normalized spacial score (nSPS) is 18.9. The van der Waals surface area contributed by atoms with E-state index in [0.717, 1.165) is 0 Å². The Kier molecular flexibility index (Phi) is 8.30. The summed E-state index contributed by atoms with van der Waals surface area (Å²) in [6.07, 6.45) is 0.685. The van der Waals surface area contributed by atoms with Crippen LogP contribution in [0.1, 0.15) is 54.4 Å². The van der Waals surface area contributed by atoms with Crippen LogP contribution in [0.3, 0.4) is 0 Å². The minimum Gasteiger partial charge on any atom is -0.467 e. The molecule has 8 nitrogen and oxygen atoms in total. The molecule has 0 aromatic rings. The van der Waals surface area contributed by atoms with Gasteiger partial charge in [-0.2, -0.15) is 0 Å². The third-order valence-electron chi connectivity index (χ3n) is 5.40. The van der Waals surface area contributed by atoms with Gasteiger partial charge in [0.1, 0.15) is 17.7 Å². The van der Waals surface area contributed by atoms with Crippen LogP contribution < -0.4 is 5.32 Å². The van der Waals surface area contributed by atoms with Crippen LogP contribution in [0.25, 0.3) is 0 Å². The third-order valence-corrected chi connectivity index (χ3v) is 9.90. The molecule has 1 N–H and O–H groups in total. The Morgan fingerprint density at radius 3 is 2.21 bits per heavy atom. The van der Waals surface area contributed by atoms with Gasteiger partial charge in [0, 0.05) is 6.54 Å². The van der Waals surface area contributed by atoms with Gasteiger partial charge in [0.2, 0.25) is 5.91 Å². The van der Waals surface area contributed by atoms with Crippen molar-refractivity contribution in [3.63, 3.8) is 0 Å². The van der Waals surface area contributed by atoms with Crippen LogP contribution in [0, 0.1) is 0 Å². The van der Waals surface area contributed by atoms with Gasteiger partial charge >= 0.3 is 12.1 Å². The van der Waals surface area contributed by atoms with Crippen LogP contribution in [0.2, 0.25) is 18.1 Å². The summed E-state index contributed by atoms with van der Waals surface area (Å²) in [5.74, 6) is -0.971. The lowest BCUT2D eigenvalue weighted by molar-refractivity contribution is -0.146. The third kappa shape index (κ3) is 7.29. The molecule has 0 aliphatic carbocycles. The Hall–Kier alpha value is -1.61. The van der Waals surface area contributed by atoms with Crippen LogP contribution in [0.5, 0.6) is 0 Å². The Labute approximate surface area is 175 Å². The summed E-state index contributed by atoms with van der Waals surface area (Å²) in [6.45, 7) is 16.3. The van der Waals surface area contributed by atoms with Crippen LogP contribution in [-0.2, 0) is 23.5 Å². The number of hydrogen-bond acceptors (Lipinski definition) is 6. The SMILES string of the molecule is COC(=O)[C@H](CO[Si](C)(C)C(C)(C)C)NC(=O)[C@@H]1CCCN1C(=O)OC(C)(C)C. The molecule has 2 atom stereocenters. The Morgan fingerprint density at radius 1 is 1.14 bits per heavy atom. The molecular weight excluding hydrogens is 392 g/mol. The van der Waals surface area contributed by atoms with E-state index in [1.807, 2.05) is 0 Å². The molecule has 29 heavy (non-hydrogen) atoms. The second-order valence-corrected chi connectivity index (χ2v) is 14.8. The molecule has 1 saturated heterocycles. The number of rotatable bonds is 6. The monoisotopic (exact) mass is 430 g/mol. The molecule has 0 saturated carbocycles. The molecule has 2 amide bonds. The van der Waals surface area contributed by atoms with Gasteiger partial charge in [0.25, 0.3) is 0 Å². The molecule has 0 aromatic heterocycles. The van der Waals surface area contributed by atoms with E-state index in [9.17, 15) is 14.4 Å². The van der Waals surface area contributed by atoms with E-state index in [0.29, 0.717) is 19.4 Å². The van der Waals surface area contributed by atoms with Crippen molar-refractivity contribution in [2.24, 2.45) is 0 Å². The fourth-order valence-electron chi connectivity index (χ4n) is 2.67. The number of methoxy groups -OCH3 is 1. The number of ether oxygens (including phenoxy) is 2. The molecular formula is C20H38N2O6Si. The fourth-order valence-corrected chi connectivity index (χ4v) is 3.68.